The Morgan fingerprint density at radius 2 is 2.15 bits per heavy atom. The third kappa shape index (κ3) is 1.85. The summed E-state index contributed by atoms with van der Waals surface area (Å²) in [7, 11) is 0. The molecule has 6 heteroatoms. The van der Waals surface area contributed by atoms with Crippen LogP contribution < -0.4 is 5.63 Å². The van der Waals surface area contributed by atoms with Gasteiger partial charge in [-0.15, -0.1) is 0 Å². The second-order valence-corrected chi connectivity index (χ2v) is 4.22. The molecule has 1 N–H and O–H groups in total. The van der Waals surface area contributed by atoms with Gasteiger partial charge in [0, 0.05) is 5.39 Å². The van der Waals surface area contributed by atoms with Crippen LogP contribution in [-0.4, -0.2) is 17.6 Å². The second kappa shape index (κ2) is 4.48. The molecule has 2 heterocycles. The van der Waals surface area contributed by atoms with E-state index in [2.05, 4.69) is 4.98 Å². The number of H-pyrrole nitrogens is 1. The van der Waals surface area contributed by atoms with E-state index in [1.165, 1.54) is 24.3 Å². The molecular formula is C14H10FNO4. The second-order valence-electron chi connectivity index (χ2n) is 4.22. The molecule has 0 unspecified atom stereocenters. The minimum atomic E-state index is -0.592. The van der Waals surface area contributed by atoms with Crippen molar-refractivity contribution in [2.24, 2.45) is 0 Å². The molecule has 0 bridgehead atoms. The van der Waals surface area contributed by atoms with Gasteiger partial charge >= 0.3 is 11.6 Å². The lowest BCUT2D eigenvalue weighted by atomic mass is 10.2. The van der Waals surface area contributed by atoms with Gasteiger partial charge in [-0.05, 0) is 31.2 Å². The first-order chi connectivity index (χ1) is 9.60. The number of hydrogen-bond acceptors (Lipinski definition) is 4. The van der Waals surface area contributed by atoms with Crippen molar-refractivity contribution in [1.82, 2.24) is 4.98 Å². The number of aromatic amines is 1. The third-order valence-corrected chi connectivity index (χ3v) is 2.95. The maximum atomic E-state index is 13.3. The van der Waals surface area contributed by atoms with Gasteiger partial charge in [0.2, 0.25) is 0 Å². The molecule has 2 aromatic heterocycles. The first-order valence-corrected chi connectivity index (χ1v) is 6.02. The topological polar surface area (TPSA) is 72.3 Å². The number of carbonyl (C=O) groups is 1. The van der Waals surface area contributed by atoms with Crippen molar-refractivity contribution in [3.05, 3.63) is 46.2 Å². The quantitative estimate of drug-likeness (QED) is 0.576. The van der Waals surface area contributed by atoms with Gasteiger partial charge in [0.25, 0.3) is 0 Å². The predicted octanol–water partition coefficient (Wildman–Crippen LogP) is 2.59. The Morgan fingerprint density at radius 1 is 1.35 bits per heavy atom. The summed E-state index contributed by atoms with van der Waals surface area (Å²) in [5, 5.41) is 0.585. The van der Waals surface area contributed by atoms with E-state index in [0.29, 0.717) is 10.9 Å². The van der Waals surface area contributed by atoms with Gasteiger partial charge in [-0.3, -0.25) is 0 Å². The predicted molar refractivity (Wildman–Crippen MR) is 70.3 cm³/mol. The smallest absolute Gasteiger partial charge is 0.354 e. The molecule has 0 fully saturated rings. The Morgan fingerprint density at radius 3 is 2.90 bits per heavy atom. The molecule has 5 nitrogen and oxygen atoms in total. The highest BCUT2D eigenvalue weighted by Gasteiger charge is 2.16. The lowest BCUT2D eigenvalue weighted by Gasteiger charge is -1.98. The third-order valence-electron chi connectivity index (χ3n) is 2.95. The van der Waals surface area contributed by atoms with Crippen molar-refractivity contribution >= 4 is 27.8 Å². The van der Waals surface area contributed by atoms with Gasteiger partial charge in [-0.25, -0.2) is 14.0 Å². The summed E-state index contributed by atoms with van der Waals surface area (Å²) in [6.45, 7) is 1.90. The Hall–Kier alpha value is -2.63. The van der Waals surface area contributed by atoms with Crippen LogP contribution in [0.4, 0.5) is 4.39 Å². The van der Waals surface area contributed by atoms with Crippen LogP contribution in [-0.2, 0) is 4.74 Å². The first-order valence-electron chi connectivity index (χ1n) is 6.02. The fourth-order valence-corrected chi connectivity index (χ4v) is 2.09. The molecule has 0 spiro atoms. The Kier molecular flexibility index (Phi) is 2.78. The van der Waals surface area contributed by atoms with Gasteiger partial charge < -0.3 is 14.1 Å². The van der Waals surface area contributed by atoms with Gasteiger partial charge in [-0.2, -0.15) is 0 Å². The van der Waals surface area contributed by atoms with Crippen molar-refractivity contribution in [3.63, 3.8) is 0 Å². The van der Waals surface area contributed by atoms with E-state index in [0.717, 1.165) is 0 Å². The summed E-state index contributed by atoms with van der Waals surface area (Å²) < 4.78 is 23.3. The molecule has 0 saturated heterocycles. The van der Waals surface area contributed by atoms with Crippen LogP contribution in [0.5, 0.6) is 0 Å². The van der Waals surface area contributed by atoms with Crippen LogP contribution in [0, 0.1) is 5.82 Å². The maximum absolute atomic E-state index is 13.3. The van der Waals surface area contributed by atoms with Crippen molar-refractivity contribution in [1.29, 1.82) is 0 Å². The standard InChI is InChI=1S/C14H10FNO4/c1-2-19-14(18)10-6-9-12(16-10)8-5-7(15)3-4-11(8)20-13(9)17/h3-6,16H,2H2,1H3. The van der Waals surface area contributed by atoms with Gasteiger partial charge in [0.15, 0.2) is 0 Å². The minimum absolute atomic E-state index is 0.130. The first kappa shape index (κ1) is 12.4. The zero-order valence-corrected chi connectivity index (χ0v) is 10.5. The minimum Gasteiger partial charge on any atom is -0.461 e. The van der Waals surface area contributed by atoms with Gasteiger partial charge in [-0.1, -0.05) is 0 Å². The number of rotatable bonds is 2. The number of esters is 1. The largest absolute Gasteiger partial charge is 0.461 e. The summed E-state index contributed by atoms with van der Waals surface area (Å²) in [6, 6.07) is 5.16. The number of halogens is 1. The zero-order valence-electron chi connectivity index (χ0n) is 10.5. The van der Waals surface area contributed by atoms with E-state index < -0.39 is 17.4 Å². The molecule has 0 amide bonds. The lowest BCUT2D eigenvalue weighted by molar-refractivity contribution is 0.0520. The molecule has 3 aromatic rings. The van der Waals surface area contributed by atoms with E-state index in [-0.39, 0.29) is 23.3 Å². The van der Waals surface area contributed by atoms with E-state index >= 15 is 0 Å². The average Bonchev–Trinajstić information content (AvgIpc) is 2.86. The van der Waals surface area contributed by atoms with Crippen molar-refractivity contribution < 1.29 is 18.3 Å². The summed E-state index contributed by atoms with van der Waals surface area (Å²) in [5.41, 5.74) is 0.150. The fraction of sp³-hybridized carbons (Fsp3) is 0.143. The number of benzene rings is 1. The number of carbonyl (C=O) groups excluding carboxylic acids is 1. The summed E-state index contributed by atoms with van der Waals surface area (Å²) in [4.78, 5) is 26.3. The number of ether oxygens (including phenoxy) is 1. The highest BCUT2D eigenvalue weighted by molar-refractivity contribution is 6.05. The van der Waals surface area contributed by atoms with Gasteiger partial charge in [0.05, 0.1) is 17.5 Å². The molecule has 0 aliphatic carbocycles. The van der Waals surface area contributed by atoms with E-state index in [1.807, 2.05) is 0 Å². The van der Waals surface area contributed by atoms with Crippen LogP contribution in [0.25, 0.3) is 21.9 Å². The lowest BCUT2D eigenvalue weighted by Crippen LogP contribution is -2.04. The molecule has 0 aliphatic heterocycles. The maximum Gasteiger partial charge on any atom is 0.354 e. The van der Waals surface area contributed by atoms with Crippen LogP contribution in [0.1, 0.15) is 17.4 Å². The van der Waals surface area contributed by atoms with E-state index in [9.17, 15) is 14.0 Å². The Labute approximate surface area is 112 Å². The number of hydrogen-bond donors (Lipinski definition) is 1. The molecular weight excluding hydrogens is 265 g/mol. The molecule has 1 aromatic carbocycles. The van der Waals surface area contributed by atoms with Gasteiger partial charge in [0.1, 0.15) is 17.1 Å². The molecule has 102 valence electrons. The number of fused-ring (bicyclic) bond motifs is 3. The molecule has 3 rings (SSSR count). The van der Waals surface area contributed by atoms with Crippen molar-refractivity contribution in [2.75, 3.05) is 6.61 Å². The van der Waals surface area contributed by atoms with Crippen LogP contribution in [0.3, 0.4) is 0 Å². The van der Waals surface area contributed by atoms with Crippen molar-refractivity contribution in [2.45, 2.75) is 6.92 Å². The number of aromatic nitrogens is 1. The highest BCUT2D eigenvalue weighted by Crippen LogP contribution is 2.23. The highest BCUT2D eigenvalue weighted by atomic mass is 19.1. The van der Waals surface area contributed by atoms with E-state index in [4.69, 9.17) is 9.15 Å². The fourth-order valence-electron chi connectivity index (χ4n) is 2.09. The summed E-state index contributed by atoms with van der Waals surface area (Å²) >= 11 is 0. The van der Waals surface area contributed by atoms with Crippen LogP contribution >= 0.6 is 0 Å². The summed E-state index contributed by atoms with van der Waals surface area (Å²) in [5.74, 6) is -1.03. The molecule has 0 saturated carbocycles. The normalized spacial score (nSPS) is 11.1. The average molecular weight is 275 g/mol. The molecule has 20 heavy (non-hydrogen) atoms. The monoisotopic (exact) mass is 275 g/mol. The number of nitrogens with one attached hydrogen (secondary N) is 1. The van der Waals surface area contributed by atoms with E-state index in [1.54, 1.807) is 6.92 Å². The van der Waals surface area contributed by atoms with Crippen molar-refractivity contribution in [3.8, 4) is 0 Å². The zero-order chi connectivity index (χ0) is 14.3. The Bertz CT molecular complexity index is 878. The Balaban J connectivity index is 2.34. The summed E-state index contributed by atoms with van der Waals surface area (Å²) in [6.07, 6.45) is 0. The van der Waals surface area contributed by atoms with Crippen LogP contribution in [0.15, 0.2) is 33.5 Å². The molecule has 0 radical (unpaired) electrons. The SMILES string of the molecule is CCOC(=O)c1cc2c(=O)oc3ccc(F)cc3c2[nH]1. The molecule has 0 atom stereocenters. The van der Waals surface area contributed by atoms with Crippen LogP contribution in [0.2, 0.25) is 0 Å². The molecule has 0 aliphatic rings.